The molecule has 0 spiro atoms. The molecule has 1 aliphatic heterocycles. The molecule has 114 valence electrons. The summed E-state index contributed by atoms with van der Waals surface area (Å²) in [5.41, 5.74) is 2.89. The van der Waals surface area contributed by atoms with Crippen molar-refractivity contribution < 1.29 is 14.8 Å². The number of aliphatic hydroxyl groups excluding tert-OH is 1. The van der Waals surface area contributed by atoms with Crippen molar-refractivity contribution in [3.63, 3.8) is 0 Å². The summed E-state index contributed by atoms with van der Waals surface area (Å²) in [7, 11) is 0. The number of benzene rings is 2. The van der Waals surface area contributed by atoms with Crippen LogP contribution < -0.4 is 9.64 Å². The van der Waals surface area contributed by atoms with E-state index in [0.717, 1.165) is 29.1 Å². The van der Waals surface area contributed by atoms with Crippen molar-refractivity contribution in [1.29, 1.82) is 0 Å². The van der Waals surface area contributed by atoms with E-state index in [0.29, 0.717) is 13.2 Å². The van der Waals surface area contributed by atoms with Crippen LogP contribution in [-0.2, 0) is 13.2 Å². The SMILES string of the molecule is O=[N+]([O-])c1ccc(CN2CCOc3cc(CO)ccc32)cc1. The molecule has 1 heterocycles. The standard InChI is InChI=1S/C16H16N2O4/c19-11-13-3-6-15-16(9-13)22-8-7-17(15)10-12-1-4-14(5-2-12)18(20)21/h1-6,9,19H,7-8,10-11H2. The van der Waals surface area contributed by atoms with Crippen LogP contribution in [0.3, 0.4) is 0 Å². The molecule has 0 radical (unpaired) electrons. The van der Waals surface area contributed by atoms with E-state index in [1.54, 1.807) is 12.1 Å². The zero-order valence-corrected chi connectivity index (χ0v) is 11.9. The summed E-state index contributed by atoms with van der Waals surface area (Å²) in [5.74, 6) is 0.764. The Balaban J connectivity index is 1.81. The summed E-state index contributed by atoms with van der Waals surface area (Å²) in [5, 5.41) is 19.9. The fourth-order valence-electron chi connectivity index (χ4n) is 2.53. The van der Waals surface area contributed by atoms with E-state index in [9.17, 15) is 15.2 Å². The highest BCUT2D eigenvalue weighted by atomic mass is 16.6. The third-order valence-electron chi connectivity index (χ3n) is 3.69. The molecule has 0 atom stereocenters. The van der Waals surface area contributed by atoms with Crippen molar-refractivity contribution in [1.82, 2.24) is 0 Å². The molecule has 3 rings (SSSR count). The van der Waals surface area contributed by atoms with Crippen molar-refractivity contribution in [3.8, 4) is 5.75 Å². The van der Waals surface area contributed by atoms with Crippen LogP contribution >= 0.6 is 0 Å². The van der Waals surface area contributed by atoms with Gasteiger partial charge >= 0.3 is 0 Å². The Bertz CT molecular complexity index is 685. The summed E-state index contributed by atoms with van der Waals surface area (Å²) in [6, 6.07) is 12.2. The second kappa shape index (κ2) is 6.03. The van der Waals surface area contributed by atoms with Gasteiger partial charge in [0.25, 0.3) is 5.69 Å². The van der Waals surface area contributed by atoms with Gasteiger partial charge in [-0.2, -0.15) is 0 Å². The first kappa shape index (κ1) is 14.3. The average molecular weight is 300 g/mol. The van der Waals surface area contributed by atoms with Crippen molar-refractivity contribution in [3.05, 3.63) is 63.7 Å². The average Bonchev–Trinajstić information content (AvgIpc) is 2.55. The maximum Gasteiger partial charge on any atom is 0.269 e. The Morgan fingerprint density at radius 1 is 1.18 bits per heavy atom. The first-order valence-electron chi connectivity index (χ1n) is 7.02. The van der Waals surface area contributed by atoms with Crippen LogP contribution in [0.5, 0.6) is 5.75 Å². The lowest BCUT2D eigenvalue weighted by Crippen LogP contribution is -2.32. The van der Waals surface area contributed by atoms with Crippen molar-refractivity contribution in [2.24, 2.45) is 0 Å². The lowest BCUT2D eigenvalue weighted by molar-refractivity contribution is -0.384. The highest BCUT2D eigenvalue weighted by molar-refractivity contribution is 5.61. The van der Waals surface area contributed by atoms with Crippen LogP contribution in [0.4, 0.5) is 11.4 Å². The predicted molar refractivity (Wildman–Crippen MR) is 82.0 cm³/mol. The number of rotatable bonds is 4. The number of hydrogen-bond donors (Lipinski definition) is 1. The molecule has 2 aromatic carbocycles. The summed E-state index contributed by atoms with van der Waals surface area (Å²) in [6.45, 7) is 1.98. The molecule has 0 saturated heterocycles. The van der Waals surface area contributed by atoms with Crippen LogP contribution in [0.2, 0.25) is 0 Å². The van der Waals surface area contributed by atoms with E-state index in [1.807, 2.05) is 18.2 Å². The van der Waals surface area contributed by atoms with Crippen LogP contribution in [-0.4, -0.2) is 23.2 Å². The first-order valence-corrected chi connectivity index (χ1v) is 7.02. The molecule has 1 N–H and O–H groups in total. The van der Waals surface area contributed by atoms with Gasteiger partial charge in [0.05, 0.1) is 23.8 Å². The van der Waals surface area contributed by atoms with Gasteiger partial charge in [-0.1, -0.05) is 18.2 Å². The van der Waals surface area contributed by atoms with Gasteiger partial charge in [-0.15, -0.1) is 0 Å². The Labute approximate surface area is 127 Å². The summed E-state index contributed by atoms with van der Waals surface area (Å²) in [6.07, 6.45) is 0. The van der Waals surface area contributed by atoms with E-state index >= 15 is 0 Å². The number of fused-ring (bicyclic) bond motifs is 1. The molecule has 22 heavy (non-hydrogen) atoms. The van der Waals surface area contributed by atoms with Crippen LogP contribution in [0.15, 0.2) is 42.5 Å². The Kier molecular flexibility index (Phi) is 3.93. The quantitative estimate of drug-likeness (QED) is 0.693. The summed E-state index contributed by atoms with van der Waals surface area (Å²) < 4.78 is 5.64. The fourth-order valence-corrected chi connectivity index (χ4v) is 2.53. The maximum atomic E-state index is 10.7. The molecule has 6 nitrogen and oxygen atoms in total. The van der Waals surface area contributed by atoms with Gasteiger partial charge in [-0.05, 0) is 23.3 Å². The predicted octanol–water partition coefficient (Wildman–Crippen LogP) is 2.49. The monoisotopic (exact) mass is 300 g/mol. The minimum atomic E-state index is -0.399. The zero-order chi connectivity index (χ0) is 15.5. The van der Waals surface area contributed by atoms with Gasteiger partial charge in [0, 0.05) is 18.7 Å². The number of nitrogens with zero attached hydrogens (tertiary/aromatic N) is 2. The topological polar surface area (TPSA) is 75.8 Å². The minimum absolute atomic E-state index is 0.0149. The number of anilines is 1. The van der Waals surface area contributed by atoms with Gasteiger partial charge in [-0.3, -0.25) is 10.1 Å². The Hall–Kier alpha value is -2.60. The summed E-state index contributed by atoms with van der Waals surface area (Å²) >= 11 is 0. The third-order valence-corrected chi connectivity index (χ3v) is 3.69. The van der Waals surface area contributed by atoms with E-state index in [1.165, 1.54) is 12.1 Å². The summed E-state index contributed by atoms with van der Waals surface area (Å²) in [4.78, 5) is 12.5. The molecular weight excluding hydrogens is 284 g/mol. The second-order valence-electron chi connectivity index (χ2n) is 5.15. The van der Waals surface area contributed by atoms with Gasteiger partial charge in [0.2, 0.25) is 0 Å². The highest BCUT2D eigenvalue weighted by Gasteiger charge is 2.18. The third kappa shape index (κ3) is 2.87. The maximum absolute atomic E-state index is 10.7. The number of nitro benzene ring substituents is 1. The van der Waals surface area contributed by atoms with Crippen LogP contribution in [0.1, 0.15) is 11.1 Å². The van der Waals surface area contributed by atoms with Crippen molar-refractivity contribution in [2.75, 3.05) is 18.1 Å². The molecule has 0 bridgehead atoms. The molecule has 0 aliphatic carbocycles. The van der Waals surface area contributed by atoms with Crippen molar-refractivity contribution in [2.45, 2.75) is 13.2 Å². The number of ether oxygens (including phenoxy) is 1. The molecule has 0 aromatic heterocycles. The molecule has 0 saturated carbocycles. The van der Waals surface area contributed by atoms with Gasteiger partial charge in [-0.25, -0.2) is 0 Å². The smallest absolute Gasteiger partial charge is 0.269 e. The molecule has 6 heteroatoms. The number of non-ortho nitro benzene ring substituents is 1. The fraction of sp³-hybridized carbons (Fsp3) is 0.250. The highest BCUT2D eigenvalue weighted by Crippen LogP contribution is 2.33. The number of nitro groups is 1. The Morgan fingerprint density at radius 3 is 2.59 bits per heavy atom. The van der Waals surface area contributed by atoms with Crippen molar-refractivity contribution >= 4 is 11.4 Å². The lowest BCUT2D eigenvalue weighted by atomic mass is 10.1. The molecule has 1 aliphatic rings. The van der Waals surface area contributed by atoms with Crippen LogP contribution in [0.25, 0.3) is 0 Å². The zero-order valence-electron chi connectivity index (χ0n) is 11.9. The van der Waals surface area contributed by atoms with E-state index < -0.39 is 4.92 Å². The second-order valence-corrected chi connectivity index (χ2v) is 5.15. The minimum Gasteiger partial charge on any atom is -0.490 e. The lowest BCUT2D eigenvalue weighted by Gasteiger charge is -2.31. The molecule has 0 amide bonds. The molecule has 0 unspecified atom stereocenters. The van der Waals surface area contributed by atoms with E-state index in [2.05, 4.69) is 4.90 Å². The number of aliphatic hydroxyl groups is 1. The first-order chi connectivity index (χ1) is 10.7. The molecular formula is C16H16N2O4. The van der Waals surface area contributed by atoms with Gasteiger partial charge < -0.3 is 14.7 Å². The normalized spacial score (nSPS) is 13.4. The largest absolute Gasteiger partial charge is 0.490 e. The van der Waals surface area contributed by atoms with E-state index in [-0.39, 0.29) is 12.3 Å². The van der Waals surface area contributed by atoms with E-state index in [4.69, 9.17) is 4.74 Å². The van der Waals surface area contributed by atoms with Crippen LogP contribution in [0, 0.1) is 10.1 Å². The Morgan fingerprint density at radius 2 is 1.91 bits per heavy atom. The van der Waals surface area contributed by atoms with Gasteiger partial charge in [0.15, 0.2) is 0 Å². The van der Waals surface area contributed by atoms with Gasteiger partial charge in [0.1, 0.15) is 12.4 Å². The molecule has 0 fully saturated rings. The number of hydrogen-bond acceptors (Lipinski definition) is 5. The molecule has 2 aromatic rings.